The molecule has 1 N–H and O–H groups in total. The summed E-state index contributed by atoms with van der Waals surface area (Å²) in [6, 6.07) is 0. The minimum Gasteiger partial charge on any atom is -0.356 e. The highest BCUT2D eigenvalue weighted by atomic mass is 32.1. The molecule has 1 amide bonds. The molecule has 0 aromatic heterocycles. The van der Waals surface area contributed by atoms with E-state index in [1.807, 2.05) is 0 Å². The number of carbonyl (C=O) groups is 1. The van der Waals surface area contributed by atoms with E-state index in [2.05, 4.69) is 41.5 Å². The predicted octanol–water partition coefficient (Wildman–Crippen LogP) is 1.25. The molecule has 0 aliphatic heterocycles. The van der Waals surface area contributed by atoms with Crippen LogP contribution in [-0.4, -0.2) is 24.2 Å². The Labute approximate surface area is 78.3 Å². The monoisotopic (exact) mass is 186 g/mol. The van der Waals surface area contributed by atoms with Crippen LogP contribution in [0.4, 0.5) is 0 Å². The summed E-state index contributed by atoms with van der Waals surface area (Å²) in [6.07, 6.45) is 0.399. The first-order valence-electron chi connectivity index (χ1n) is 3.97. The van der Waals surface area contributed by atoms with Gasteiger partial charge in [-0.25, -0.2) is 4.99 Å². The van der Waals surface area contributed by atoms with Crippen molar-refractivity contribution >= 4 is 23.3 Å². The van der Waals surface area contributed by atoms with Crippen molar-refractivity contribution in [1.82, 2.24) is 5.32 Å². The number of hydrogen-bond acceptors (Lipinski definition) is 3. The van der Waals surface area contributed by atoms with Crippen molar-refractivity contribution in [2.75, 3.05) is 13.1 Å². The van der Waals surface area contributed by atoms with Crippen molar-refractivity contribution < 1.29 is 4.79 Å². The van der Waals surface area contributed by atoms with E-state index in [9.17, 15) is 4.79 Å². The van der Waals surface area contributed by atoms with Crippen molar-refractivity contribution in [2.45, 2.75) is 20.3 Å². The zero-order valence-electron chi connectivity index (χ0n) is 7.46. The topological polar surface area (TPSA) is 41.5 Å². The Morgan fingerprint density at radius 1 is 1.67 bits per heavy atom. The lowest BCUT2D eigenvalue weighted by Crippen LogP contribution is -2.27. The van der Waals surface area contributed by atoms with Crippen LogP contribution in [0.2, 0.25) is 0 Å². The van der Waals surface area contributed by atoms with Crippen molar-refractivity contribution in [3.05, 3.63) is 0 Å². The van der Waals surface area contributed by atoms with Crippen molar-refractivity contribution in [2.24, 2.45) is 10.9 Å². The maximum atomic E-state index is 11.0. The van der Waals surface area contributed by atoms with Gasteiger partial charge < -0.3 is 5.32 Å². The fraction of sp³-hybridized carbons (Fsp3) is 0.750. The lowest BCUT2D eigenvalue weighted by molar-refractivity contribution is -0.121. The number of carbonyl (C=O) groups excluding carboxylic acids is 1. The van der Waals surface area contributed by atoms with Gasteiger partial charge in [0, 0.05) is 13.0 Å². The third-order valence-corrected chi connectivity index (χ3v) is 1.35. The van der Waals surface area contributed by atoms with Crippen molar-refractivity contribution in [3.63, 3.8) is 0 Å². The highest BCUT2D eigenvalue weighted by Gasteiger charge is 2.00. The van der Waals surface area contributed by atoms with Crippen molar-refractivity contribution in [1.29, 1.82) is 0 Å². The highest BCUT2D eigenvalue weighted by Crippen LogP contribution is 1.88. The molecule has 0 spiro atoms. The molecular formula is C8H14N2OS. The van der Waals surface area contributed by atoms with Gasteiger partial charge in [-0.1, -0.05) is 13.8 Å². The quantitative estimate of drug-likeness (QED) is 0.518. The fourth-order valence-corrected chi connectivity index (χ4v) is 0.701. The molecule has 68 valence electrons. The predicted molar refractivity (Wildman–Crippen MR) is 52.4 cm³/mol. The Bertz CT molecular complexity index is 185. The molecule has 0 heterocycles. The first kappa shape index (κ1) is 11.3. The number of aliphatic imine (C=N–C) groups is 1. The van der Waals surface area contributed by atoms with Crippen LogP contribution in [0.25, 0.3) is 0 Å². The standard InChI is InChI=1S/C8H14N2OS/c1-7(2)5-10-8(11)3-4-9-6-12/h7H,3-5H2,1-2H3,(H,10,11). The van der Waals surface area contributed by atoms with Gasteiger partial charge in [0.05, 0.1) is 11.7 Å². The maximum Gasteiger partial charge on any atom is 0.221 e. The van der Waals surface area contributed by atoms with Gasteiger partial charge >= 0.3 is 0 Å². The van der Waals surface area contributed by atoms with E-state index in [4.69, 9.17) is 0 Å². The molecule has 0 saturated carbocycles. The summed E-state index contributed by atoms with van der Waals surface area (Å²) in [4.78, 5) is 14.6. The van der Waals surface area contributed by atoms with E-state index < -0.39 is 0 Å². The van der Waals surface area contributed by atoms with Crippen LogP contribution in [0.1, 0.15) is 20.3 Å². The fourth-order valence-electron chi connectivity index (χ4n) is 0.609. The van der Waals surface area contributed by atoms with E-state index >= 15 is 0 Å². The van der Waals surface area contributed by atoms with Gasteiger partial charge in [0.25, 0.3) is 0 Å². The molecular weight excluding hydrogens is 172 g/mol. The van der Waals surface area contributed by atoms with Gasteiger partial charge in [0.1, 0.15) is 0 Å². The van der Waals surface area contributed by atoms with Crippen LogP contribution in [0, 0.1) is 5.92 Å². The van der Waals surface area contributed by atoms with E-state index in [1.54, 1.807) is 0 Å². The molecule has 3 nitrogen and oxygen atoms in total. The average Bonchev–Trinajstić information content (AvgIpc) is 2.01. The highest BCUT2D eigenvalue weighted by molar-refractivity contribution is 7.78. The van der Waals surface area contributed by atoms with E-state index in [1.165, 1.54) is 0 Å². The molecule has 0 aliphatic rings. The molecule has 0 unspecified atom stereocenters. The summed E-state index contributed by atoms with van der Waals surface area (Å²) >= 11 is 4.36. The Morgan fingerprint density at radius 3 is 2.83 bits per heavy atom. The van der Waals surface area contributed by atoms with Gasteiger partial charge in [-0.2, -0.15) is 0 Å². The summed E-state index contributed by atoms with van der Waals surface area (Å²) < 4.78 is 0. The van der Waals surface area contributed by atoms with Gasteiger partial charge in [0.15, 0.2) is 0 Å². The minimum absolute atomic E-state index is 0.0256. The molecule has 0 fully saturated rings. The third-order valence-electron chi connectivity index (χ3n) is 1.22. The molecule has 0 rings (SSSR count). The number of nitrogens with zero attached hydrogens (tertiary/aromatic N) is 1. The summed E-state index contributed by atoms with van der Waals surface area (Å²) in [6.45, 7) is 5.26. The third kappa shape index (κ3) is 7.38. The second-order valence-electron chi connectivity index (χ2n) is 2.92. The molecule has 0 aromatic rings. The molecule has 4 heteroatoms. The first-order valence-corrected chi connectivity index (χ1v) is 4.38. The van der Waals surface area contributed by atoms with Crippen LogP contribution < -0.4 is 5.32 Å². The lowest BCUT2D eigenvalue weighted by atomic mass is 10.2. The number of amides is 1. The van der Waals surface area contributed by atoms with Gasteiger partial charge in [-0.3, -0.25) is 4.79 Å². The average molecular weight is 186 g/mol. The van der Waals surface area contributed by atoms with Crippen LogP contribution >= 0.6 is 12.2 Å². The summed E-state index contributed by atoms with van der Waals surface area (Å²) in [5, 5.41) is 5.00. The molecule has 0 bridgehead atoms. The molecule has 0 aromatic carbocycles. The normalized spacial score (nSPS) is 9.25. The smallest absolute Gasteiger partial charge is 0.221 e. The molecule has 0 radical (unpaired) electrons. The Hall–Kier alpha value is -0.730. The number of nitrogens with one attached hydrogen (secondary N) is 1. The molecule has 12 heavy (non-hydrogen) atoms. The maximum absolute atomic E-state index is 11.0. The molecule has 0 saturated heterocycles. The second-order valence-corrected chi connectivity index (χ2v) is 3.10. The lowest BCUT2D eigenvalue weighted by Gasteiger charge is -2.05. The van der Waals surface area contributed by atoms with Crippen LogP contribution in [-0.2, 0) is 4.79 Å². The molecule has 0 atom stereocenters. The van der Waals surface area contributed by atoms with Crippen LogP contribution in [0.5, 0.6) is 0 Å². The summed E-state index contributed by atoms with van der Waals surface area (Å²) in [7, 11) is 0. The minimum atomic E-state index is 0.0256. The van der Waals surface area contributed by atoms with E-state index in [-0.39, 0.29) is 5.91 Å². The van der Waals surface area contributed by atoms with Gasteiger partial charge in [-0.05, 0) is 18.1 Å². The van der Waals surface area contributed by atoms with Gasteiger partial charge in [-0.15, -0.1) is 0 Å². The van der Waals surface area contributed by atoms with E-state index in [0.29, 0.717) is 18.9 Å². The van der Waals surface area contributed by atoms with Crippen LogP contribution in [0.15, 0.2) is 4.99 Å². The Morgan fingerprint density at radius 2 is 2.33 bits per heavy atom. The number of thiocarbonyl (C=S) groups is 1. The Kier molecular flexibility index (Phi) is 6.53. The summed E-state index contributed by atoms with van der Waals surface area (Å²) in [5.74, 6) is 0.515. The summed E-state index contributed by atoms with van der Waals surface area (Å²) in [5.41, 5.74) is 0. The molecule has 0 aliphatic carbocycles. The van der Waals surface area contributed by atoms with Crippen LogP contribution in [0.3, 0.4) is 0 Å². The van der Waals surface area contributed by atoms with E-state index in [0.717, 1.165) is 6.54 Å². The second kappa shape index (κ2) is 6.95. The number of isothiocyanates is 1. The van der Waals surface area contributed by atoms with Gasteiger partial charge in [0.2, 0.25) is 5.91 Å². The number of rotatable bonds is 5. The zero-order chi connectivity index (χ0) is 9.40. The SMILES string of the molecule is CC(C)CNC(=O)CCN=C=S. The number of hydrogen-bond donors (Lipinski definition) is 1. The first-order chi connectivity index (χ1) is 5.66. The Balaban J connectivity index is 3.40. The largest absolute Gasteiger partial charge is 0.356 e. The zero-order valence-corrected chi connectivity index (χ0v) is 8.28. The van der Waals surface area contributed by atoms with Crippen molar-refractivity contribution in [3.8, 4) is 0 Å².